The van der Waals surface area contributed by atoms with Gasteiger partial charge >= 0.3 is 0 Å². The van der Waals surface area contributed by atoms with Crippen LogP contribution in [-0.2, 0) is 9.47 Å². The molecular formula is C30H44ClO2P. The van der Waals surface area contributed by atoms with Gasteiger partial charge in [-0.05, 0) is 76.3 Å². The van der Waals surface area contributed by atoms with E-state index in [9.17, 15) is 0 Å². The molecule has 0 N–H and O–H groups in total. The first-order valence-electron chi connectivity index (χ1n) is 13.7. The number of ether oxygens (including phenoxy) is 2. The van der Waals surface area contributed by atoms with Crippen molar-refractivity contribution in [2.24, 2.45) is 0 Å². The molecule has 0 aromatic heterocycles. The van der Waals surface area contributed by atoms with E-state index >= 15 is 0 Å². The lowest BCUT2D eigenvalue weighted by atomic mass is 9.91. The summed E-state index contributed by atoms with van der Waals surface area (Å²) in [5.41, 5.74) is 3.82. The first kappa shape index (κ1) is 26.2. The van der Waals surface area contributed by atoms with Gasteiger partial charge in [-0.3, -0.25) is 0 Å². The standard InChI is InChI=1S/C30H44ClO2P/c1-22(2)32-27-20-21-28(31)30(33-23(3)4,29(27)24-14-8-5-9-15-24)34(25-16-10-6-11-17-25)26-18-12-7-13-19-26/h5,8-9,14-15,20-23,25-26,28H,6-7,10-13,16-19H2,1-4H3. The van der Waals surface area contributed by atoms with Crippen molar-refractivity contribution in [3.05, 3.63) is 53.8 Å². The lowest BCUT2D eigenvalue weighted by Gasteiger charge is -2.54. The van der Waals surface area contributed by atoms with Crippen molar-refractivity contribution in [2.75, 3.05) is 0 Å². The topological polar surface area (TPSA) is 18.5 Å². The van der Waals surface area contributed by atoms with E-state index in [0.29, 0.717) is 11.3 Å². The molecule has 0 saturated heterocycles. The molecule has 0 bridgehead atoms. The zero-order valence-corrected chi connectivity index (χ0v) is 23.3. The number of hydrogen-bond acceptors (Lipinski definition) is 2. The van der Waals surface area contributed by atoms with Crippen LogP contribution in [0.3, 0.4) is 0 Å². The Kier molecular flexibility index (Phi) is 9.22. The summed E-state index contributed by atoms with van der Waals surface area (Å²) in [5.74, 6) is 0.956. The van der Waals surface area contributed by atoms with Crippen molar-refractivity contribution in [2.45, 2.75) is 126 Å². The van der Waals surface area contributed by atoms with Crippen molar-refractivity contribution in [3.8, 4) is 0 Å². The van der Waals surface area contributed by atoms with Crippen LogP contribution in [-0.4, -0.2) is 34.2 Å². The molecule has 2 fully saturated rings. The number of hydrogen-bond donors (Lipinski definition) is 0. The highest BCUT2D eigenvalue weighted by atomic mass is 35.5. The number of rotatable bonds is 8. The third-order valence-electron chi connectivity index (χ3n) is 7.56. The summed E-state index contributed by atoms with van der Waals surface area (Å²) in [6.45, 7) is 8.60. The summed E-state index contributed by atoms with van der Waals surface area (Å²) in [5, 5.41) is -0.727. The second kappa shape index (κ2) is 11.9. The molecule has 1 aromatic carbocycles. The van der Waals surface area contributed by atoms with E-state index in [4.69, 9.17) is 21.1 Å². The quantitative estimate of drug-likeness (QED) is 0.260. The number of allylic oxidation sites excluding steroid dienone is 1. The fourth-order valence-corrected chi connectivity index (χ4v) is 11.7. The average molecular weight is 503 g/mol. The molecule has 4 rings (SSSR count). The Morgan fingerprint density at radius 3 is 1.88 bits per heavy atom. The van der Waals surface area contributed by atoms with Crippen molar-refractivity contribution in [1.82, 2.24) is 0 Å². The van der Waals surface area contributed by atoms with E-state index in [-0.39, 0.29) is 17.6 Å². The molecule has 0 spiro atoms. The molecule has 2 saturated carbocycles. The van der Waals surface area contributed by atoms with Gasteiger partial charge in [0.25, 0.3) is 0 Å². The van der Waals surface area contributed by atoms with Crippen molar-refractivity contribution >= 4 is 25.1 Å². The predicted molar refractivity (Wildman–Crippen MR) is 148 cm³/mol. The largest absolute Gasteiger partial charge is 0.491 e. The van der Waals surface area contributed by atoms with E-state index in [2.05, 4.69) is 70.2 Å². The highest BCUT2D eigenvalue weighted by Gasteiger charge is 2.56. The molecule has 0 heterocycles. The van der Waals surface area contributed by atoms with Crippen LogP contribution in [0, 0.1) is 0 Å². The maximum Gasteiger partial charge on any atom is 0.136 e. The van der Waals surface area contributed by atoms with Crippen LogP contribution in [0.25, 0.3) is 5.57 Å². The summed E-state index contributed by atoms with van der Waals surface area (Å²) < 4.78 is 13.8. The highest BCUT2D eigenvalue weighted by molar-refractivity contribution is 7.61. The van der Waals surface area contributed by atoms with Gasteiger partial charge in [0.15, 0.2) is 0 Å². The molecule has 34 heavy (non-hydrogen) atoms. The SMILES string of the molecule is CC(C)OC1=C(c2ccccc2)C(OC(C)C)(P(C2CCCCC2)C2CCCCC2)C(Cl)C=C1. The van der Waals surface area contributed by atoms with Gasteiger partial charge in [0.05, 0.1) is 17.6 Å². The maximum absolute atomic E-state index is 7.48. The summed E-state index contributed by atoms with van der Waals surface area (Å²) >= 11 is 7.48. The van der Waals surface area contributed by atoms with E-state index in [1.807, 2.05) is 0 Å². The Bertz CT molecular complexity index is 819. The molecule has 2 atom stereocenters. The summed E-state index contributed by atoms with van der Waals surface area (Å²) in [4.78, 5) is 0. The second-order valence-electron chi connectivity index (χ2n) is 10.9. The maximum atomic E-state index is 7.48. The fourth-order valence-electron chi connectivity index (χ4n) is 6.38. The number of alkyl halides is 1. The molecule has 3 aliphatic carbocycles. The van der Waals surface area contributed by atoms with Crippen LogP contribution in [0.15, 0.2) is 48.2 Å². The van der Waals surface area contributed by atoms with Crippen LogP contribution in [0.4, 0.5) is 0 Å². The zero-order valence-electron chi connectivity index (χ0n) is 21.6. The minimum Gasteiger partial charge on any atom is -0.491 e. The van der Waals surface area contributed by atoms with Crippen LogP contribution >= 0.6 is 19.5 Å². The lowest BCUT2D eigenvalue weighted by molar-refractivity contribution is 0.0131. The molecule has 2 unspecified atom stereocenters. The fraction of sp³-hybridized carbons (Fsp3) is 0.667. The van der Waals surface area contributed by atoms with Gasteiger partial charge in [-0.1, -0.05) is 82.9 Å². The minimum atomic E-state index is -0.532. The van der Waals surface area contributed by atoms with Crippen molar-refractivity contribution < 1.29 is 9.47 Å². The Morgan fingerprint density at radius 1 is 0.824 bits per heavy atom. The van der Waals surface area contributed by atoms with Gasteiger partial charge in [0.2, 0.25) is 0 Å². The van der Waals surface area contributed by atoms with Crippen LogP contribution in [0.1, 0.15) is 97.5 Å². The summed E-state index contributed by atoms with van der Waals surface area (Å²) in [6.07, 6.45) is 17.9. The van der Waals surface area contributed by atoms with Gasteiger partial charge in [0, 0.05) is 5.57 Å². The van der Waals surface area contributed by atoms with E-state index in [0.717, 1.165) is 5.76 Å². The molecule has 1 aromatic rings. The third-order valence-corrected chi connectivity index (χ3v) is 12.1. The Balaban J connectivity index is 1.95. The Hall–Kier alpha value is -0.820. The zero-order chi connectivity index (χ0) is 24.1. The number of benzene rings is 1. The van der Waals surface area contributed by atoms with Gasteiger partial charge < -0.3 is 9.47 Å². The second-order valence-corrected chi connectivity index (χ2v) is 14.3. The molecular weight excluding hydrogens is 459 g/mol. The Morgan fingerprint density at radius 2 is 1.38 bits per heavy atom. The monoisotopic (exact) mass is 502 g/mol. The van der Waals surface area contributed by atoms with Crippen LogP contribution < -0.4 is 0 Å². The smallest absolute Gasteiger partial charge is 0.136 e. The highest BCUT2D eigenvalue weighted by Crippen LogP contribution is 2.71. The van der Waals surface area contributed by atoms with Gasteiger partial charge in [-0.2, -0.15) is 0 Å². The van der Waals surface area contributed by atoms with Crippen LogP contribution in [0.2, 0.25) is 0 Å². The van der Waals surface area contributed by atoms with E-state index < -0.39 is 13.3 Å². The van der Waals surface area contributed by atoms with Gasteiger partial charge in [-0.15, -0.1) is 11.6 Å². The van der Waals surface area contributed by atoms with Crippen LogP contribution in [0.5, 0.6) is 0 Å². The minimum absolute atomic E-state index is 0.0870. The first-order chi connectivity index (χ1) is 16.4. The van der Waals surface area contributed by atoms with E-state index in [1.165, 1.54) is 75.3 Å². The molecule has 2 nitrogen and oxygen atoms in total. The molecule has 188 valence electrons. The normalized spacial score (nSPS) is 27.2. The molecule has 3 aliphatic rings. The Labute approximate surface area is 214 Å². The summed E-state index contributed by atoms with van der Waals surface area (Å²) in [7, 11) is -0.529. The molecule has 0 aliphatic heterocycles. The molecule has 0 radical (unpaired) electrons. The van der Waals surface area contributed by atoms with Crippen molar-refractivity contribution in [1.29, 1.82) is 0 Å². The number of halogens is 1. The predicted octanol–water partition coefficient (Wildman–Crippen LogP) is 9.27. The first-order valence-corrected chi connectivity index (χ1v) is 15.6. The average Bonchev–Trinajstić information content (AvgIpc) is 2.83. The van der Waals surface area contributed by atoms with Crippen molar-refractivity contribution in [3.63, 3.8) is 0 Å². The third kappa shape index (κ3) is 5.61. The molecule has 4 heteroatoms. The van der Waals surface area contributed by atoms with Gasteiger partial charge in [-0.25, -0.2) is 0 Å². The lowest BCUT2D eigenvalue weighted by Crippen LogP contribution is -2.49. The van der Waals surface area contributed by atoms with Gasteiger partial charge in [0.1, 0.15) is 11.1 Å². The molecule has 0 amide bonds. The summed E-state index contributed by atoms with van der Waals surface area (Å²) in [6, 6.07) is 10.8. The van der Waals surface area contributed by atoms with E-state index in [1.54, 1.807) is 0 Å².